The Bertz CT molecular complexity index is 1820. The van der Waals surface area contributed by atoms with E-state index < -0.39 is 0 Å². The SMILES string of the molecule is c1ccc(-c2cc(Oc3ccc4c5ccccc5n(-c5ccccn5)c4c3)cc(-c3ccccn3)c2)cc1. The van der Waals surface area contributed by atoms with Crippen LogP contribution < -0.4 is 4.74 Å². The molecule has 0 aliphatic heterocycles. The van der Waals surface area contributed by atoms with Crippen molar-refractivity contribution in [1.82, 2.24) is 14.5 Å². The van der Waals surface area contributed by atoms with Gasteiger partial charge in [0.15, 0.2) is 0 Å². The van der Waals surface area contributed by atoms with Crippen LogP contribution in [0.2, 0.25) is 0 Å². The molecule has 0 saturated heterocycles. The third-order valence-corrected chi connectivity index (χ3v) is 6.73. The van der Waals surface area contributed by atoms with E-state index in [2.05, 4.69) is 75.2 Å². The summed E-state index contributed by atoms with van der Waals surface area (Å²) >= 11 is 0. The lowest BCUT2D eigenvalue weighted by Crippen LogP contribution is -1.96. The Labute approximate surface area is 220 Å². The third-order valence-electron chi connectivity index (χ3n) is 6.73. The molecule has 4 nitrogen and oxygen atoms in total. The number of benzene rings is 4. The quantitative estimate of drug-likeness (QED) is 0.243. The topological polar surface area (TPSA) is 39.9 Å². The molecule has 0 saturated carbocycles. The molecule has 180 valence electrons. The van der Waals surface area contributed by atoms with Gasteiger partial charge in [-0.1, -0.05) is 60.7 Å². The molecule has 0 unspecified atom stereocenters. The lowest BCUT2D eigenvalue weighted by atomic mass is 10.0. The molecule has 3 heterocycles. The fourth-order valence-electron chi connectivity index (χ4n) is 5.02. The summed E-state index contributed by atoms with van der Waals surface area (Å²) in [6.07, 6.45) is 3.64. The second-order valence-corrected chi connectivity index (χ2v) is 9.15. The minimum absolute atomic E-state index is 0.756. The second kappa shape index (κ2) is 9.34. The van der Waals surface area contributed by atoms with Crippen molar-refractivity contribution >= 4 is 21.8 Å². The van der Waals surface area contributed by atoms with E-state index in [1.54, 1.807) is 0 Å². The van der Waals surface area contributed by atoms with Crippen molar-refractivity contribution in [3.8, 4) is 39.7 Å². The number of hydrogen-bond acceptors (Lipinski definition) is 3. The number of aromatic nitrogens is 3. The van der Waals surface area contributed by atoms with Gasteiger partial charge >= 0.3 is 0 Å². The number of nitrogens with zero attached hydrogens (tertiary/aromatic N) is 3. The summed E-state index contributed by atoms with van der Waals surface area (Å²) < 4.78 is 8.73. The average molecular weight is 490 g/mol. The van der Waals surface area contributed by atoms with Crippen LogP contribution in [0.4, 0.5) is 0 Å². The van der Waals surface area contributed by atoms with Gasteiger partial charge < -0.3 is 4.74 Å². The van der Waals surface area contributed by atoms with Crippen molar-refractivity contribution in [1.29, 1.82) is 0 Å². The van der Waals surface area contributed by atoms with Crippen LogP contribution in [0.1, 0.15) is 0 Å². The van der Waals surface area contributed by atoms with E-state index in [4.69, 9.17) is 4.74 Å². The predicted octanol–water partition coefficient (Wildman–Crippen LogP) is 8.70. The summed E-state index contributed by atoms with van der Waals surface area (Å²) in [4.78, 5) is 9.22. The van der Waals surface area contributed by atoms with Crippen molar-refractivity contribution < 1.29 is 4.74 Å². The highest BCUT2D eigenvalue weighted by atomic mass is 16.5. The summed E-state index contributed by atoms with van der Waals surface area (Å²) in [5.41, 5.74) is 6.27. The highest BCUT2D eigenvalue weighted by Crippen LogP contribution is 2.37. The number of hydrogen-bond donors (Lipinski definition) is 0. The van der Waals surface area contributed by atoms with Gasteiger partial charge in [-0.15, -0.1) is 0 Å². The van der Waals surface area contributed by atoms with Gasteiger partial charge in [-0.2, -0.15) is 0 Å². The average Bonchev–Trinajstić information content (AvgIpc) is 3.32. The highest BCUT2D eigenvalue weighted by Gasteiger charge is 2.14. The molecule has 0 fully saturated rings. The van der Waals surface area contributed by atoms with Crippen LogP contribution in [0, 0.1) is 0 Å². The number of fused-ring (bicyclic) bond motifs is 3. The lowest BCUT2D eigenvalue weighted by molar-refractivity contribution is 0.483. The van der Waals surface area contributed by atoms with E-state index in [1.165, 1.54) is 5.39 Å². The first-order chi connectivity index (χ1) is 18.8. The Hall–Kier alpha value is -5.22. The second-order valence-electron chi connectivity index (χ2n) is 9.15. The van der Waals surface area contributed by atoms with Gasteiger partial charge in [0.05, 0.1) is 16.7 Å². The van der Waals surface area contributed by atoms with Gasteiger partial charge in [-0.3, -0.25) is 9.55 Å². The molecule has 0 amide bonds. The molecule has 4 heteroatoms. The van der Waals surface area contributed by atoms with Gasteiger partial charge in [0, 0.05) is 34.8 Å². The molecule has 0 atom stereocenters. The van der Waals surface area contributed by atoms with Crippen LogP contribution in [0.5, 0.6) is 11.5 Å². The number of para-hydroxylation sites is 1. The van der Waals surface area contributed by atoms with Crippen molar-refractivity contribution in [2.75, 3.05) is 0 Å². The van der Waals surface area contributed by atoms with Gasteiger partial charge in [0.1, 0.15) is 17.3 Å². The molecule has 38 heavy (non-hydrogen) atoms. The van der Waals surface area contributed by atoms with E-state index in [0.717, 1.165) is 56.1 Å². The molecule has 7 aromatic rings. The zero-order valence-corrected chi connectivity index (χ0v) is 20.5. The van der Waals surface area contributed by atoms with Crippen LogP contribution in [-0.2, 0) is 0 Å². The van der Waals surface area contributed by atoms with Crippen molar-refractivity contribution in [2.45, 2.75) is 0 Å². The van der Waals surface area contributed by atoms with Gasteiger partial charge in [-0.05, 0) is 71.8 Å². The van der Waals surface area contributed by atoms with E-state index in [9.17, 15) is 0 Å². The van der Waals surface area contributed by atoms with E-state index in [-0.39, 0.29) is 0 Å². The van der Waals surface area contributed by atoms with Crippen LogP contribution in [0.25, 0.3) is 50.0 Å². The minimum Gasteiger partial charge on any atom is -0.457 e. The van der Waals surface area contributed by atoms with Gasteiger partial charge in [0.25, 0.3) is 0 Å². The fourth-order valence-corrected chi connectivity index (χ4v) is 5.02. The predicted molar refractivity (Wildman–Crippen MR) is 154 cm³/mol. The van der Waals surface area contributed by atoms with Crippen molar-refractivity contribution in [3.05, 3.63) is 140 Å². The molecule has 0 bridgehead atoms. The first kappa shape index (κ1) is 22.0. The maximum atomic E-state index is 6.54. The molecular weight excluding hydrogens is 466 g/mol. The van der Waals surface area contributed by atoms with Crippen LogP contribution in [0.3, 0.4) is 0 Å². The molecule has 0 aliphatic rings. The van der Waals surface area contributed by atoms with Crippen LogP contribution >= 0.6 is 0 Å². The minimum atomic E-state index is 0.756. The summed E-state index contributed by atoms with van der Waals surface area (Å²) in [6, 6.07) is 43.2. The Balaban J connectivity index is 1.37. The smallest absolute Gasteiger partial charge is 0.137 e. The number of pyridine rings is 2. The first-order valence-electron chi connectivity index (χ1n) is 12.6. The zero-order chi connectivity index (χ0) is 25.3. The summed E-state index contributed by atoms with van der Waals surface area (Å²) in [6.45, 7) is 0. The molecule has 0 N–H and O–H groups in total. The Kier molecular flexibility index (Phi) is 5.41. The first-order valence-corrected chi connectivity index (χ1v) is 12.6. The summed E-state index contributed by atoms with van der Waals surface area (Å²) in [5, 5.41) is 2.34. The fraction of sp³-hybridized carbons (Fsp3) is 0. The Morgan fingerprint density at radius 3 is 2.03 bits per heavy atom. The van der Waals surface area contributed by atoms with Crippen LogP contribution in [-0.4, -0.2) is 14.5 Å². The molecule has 7 rings (SSSR count). The number of ether oxygens (including phenoxy) is 1. The van der Waals surface area contributed by atoms with Crippen LogP contribution in [0.15, 0.2) is 140 Å². The van der Waals surface area contributed by atoms with Crippen molar-refractivity contribution in [2.24, 2.45) is 0 Å². The standard InChI is InChI=1S/C34H23N3O/c1-2-10-24(11-3-1)25-20-26(31-13-6-8-18-35-31)22-28(21-25)38-27-16-17-30-29-12-4-5-14-32(29)37(33(30)23-27)34-15-7-9-19-36-34/h1-23H. The molecule has 0 spiro atoms. The molecule has 0 aliphatic carbocycles. The highest BCUT2D eigenvalue weighted by molar-refractivity contribution is 6.09. The molecule has 0 radical (unpaired) electrons. The molecular formula is C34H23N3O. The Morgan fingerprint density at radius 1 is 0.474 bits per heavy atom. The lowest BCUT2D eigenvalue weighted by Gasteiger charge is -2.12. The number of rotatable bonds is 5. The van der Waals surface area contributed by atoms with Crippen molar-refractivity contribution in [3.63, 3.8) is 0 Å². The summed E-state index contributed by atoms with van der Waals surface area (Å²) in [7, 11) is 0. The van der Waals surface area contributed by atoms with E-state index in [1.807, 2.05) is 79.1 Å². The van der Waals surface area contributed by atoms with E-state index in [0.29, 0.717) is 0 Å². The third kappa shape index (κ3) is 3.98. The molecule has 4 aromatic carbocycles. The largest absolute Gasteiger partial charge is 0.457 e. The normalized spacial score (nSPS) is 11.2. The zero-order valence-electron chi connectivity index (χ0n) is 20.5. The monoisotopic (exact) mass is 489 g/mol. The van der Waals surface area contributed by atoms with Gasteiger partial charge in [-0.25, -0.2) is 4.98 Å². The maximum absolute atomic E-state index is 6.54. The Morgan fingerprint density at radius 2 is 1.21 bits per heavy atom. The van der Waals surface area contributed by atoms with E-state index >= 15 is 0 Å². The van der Waals surface area contributed by atoms with Gasteiger partial charge in [0.2, 0.25) is 0 Å². The maximum Gasteiger partial charge on any atom is 0.137 e. The molecule has 3 aromatic heterocycles. The summed E-state index contributed by atoms with van der Waals surface area (Å²) in [5.74, 6) is 2.39.